The van der Waals surface area contributed by atoms with Gasteiger partial charge in [-0.05, 0) is 44.3 Å². The molecule has 0 saturated carbocycles. The van der Waals surface area contributed by atoms with Gasteiger partial charge in [-0.25, -0.2) is 4.98 Å². The van der Waals surface area contributed by atoms with Gasteiger partial charge in [-0.3, -0.25) is 0 Å². The molecule has 0 spiro atoms. The van der Waals surface area contributed by atoms with E-state index in [-0.39, 0.29) is 0 Å². The van der Waals surface area contributed by atoms with Gasteiger partial charge in [-0.2, -0.15) is 4.98 Å². The highest BCUT2D eigenvalue weighted by molar-refractivity contribution is 7.18. The Bertz CT molecular complexity index is 903. The zero-order chi connectivity index (χ0) is 18.6. The van der Waals surface area contributed by atoms with Gasteiger partial charge < -0.3 is 9.64 Å². The number of hydrogen-bond acceptors (Lipinski definition) is 5. The predicted molar refractivity (Wildman–Crippen MR) is 113 cm³/mol. The molecule has 2 heterocycles. The van der Waals surface area contributed by atoms with Gasteiger partial charge in [0.2, 0.25) is 5.88 Å². The van der Waals surface area contributed by atoms with Crippen molar-refractivity contribution in [3.8, 4) is 17.3 Å². The Morgan fingerprint density at radius 1 is 1.04 bits per heavy atom. The van der Waals surface area contributed by atoms with Crippen LogP contribution < -0.4 is 4.74 Å². The maximum absolute atomic E-state index is 6.25. The number of nitrogens with zero attached hydrogens (tertiary/aromatic N) is 3. The molecule has 142 valence electrons. The van der Waals surface area contributed by atoms with Crippen molar-refractivity contribution >= 4 is 21.6 Å². The molecule has 0 unspecified atom stereocenters. The van der Waals surface area contributed by atoms with Crippen molar-refractivity contribution in [3.63, 3.8) is 0 Å². The van der Waals surface area contributed by atoms with Gasteiger partial charge in [0.25, 0.3) is 0 Å². The summed E-state index contributed by atoms with van der Waals surface area (Å²) in [4.78, 5) is 14.7. The molecule has 0 saturated heterocycles. The highest BCUT2D eigenvalue weighted by atomic mass is 32.1. The van der Waals surface area contributed by atoms with E-state index in [0.29, 0.717) is 6.61 Å². The van der Waals surface area contributed by atoms with Crippen molar-refractivity contribution in [1.82, 2.24) is 14.9 Å². The second kappa shape index (κ2) is 8.36. The molecule has 2 aromatic heterocycles. The molecule has 0 bridgehead atoms. The van der Waals surface area contributed by atoms with Crippen LogP contribution in [0.2, 0.25) is 0 Å². The zero-order valence-electron chi connectivity index (χ0n) is 16.2. The Hall–Kier alpha value is -1.98. The van der Waals surface area contributed by atoms with Gasteiger partial charge in [0.05, 0.1) is 5.39 Å². The van der Waals surface area contributed by atoms with Crippen LogP contribution in [0.3, 0.4) is 0 Å². The number of hydrogen-bond donors (Lipinski definition) is 0. The molecule has 1 aromatic carbocycles. The average molecular weight is 382 g/mol. The fraction of sp³-hybridized carbons (Fsp3) is 0.455. The predicted octanol–water partition coefficient (Wildman–Crippen LogP) is 4.96. The third-order valence-electron chi connectivity index (χ3n) is 5.35. The lowest BCUT2D eigenvalue weighted by Gasteiger charge is -2.18. The third-order valence-corrected chi connectivity index (χ3v) is 6.54. The molecular weight excluding hydrogens is 354 g/mol. The molecule has 0 atom stereocenters. The van der Waals surface area contributed by atoms with Crippen molar-refractivity contribution in [3.05, 3.63) is 40.8 Å². The number of benzene rings is 1. The summed E-state index contributed by atoms with van der Waals surface area (Å²) in [5.41, 5.74) is 2.47. The van der Waals surface area contributed by atoms with Gasteiger partial charge >= 0.3 is 0 Å². The summed E-state index contributed by atoms with van der Waals surface area (Å²) >= 11 is 1.83. The molecule has 4 nitrogen and oxygen atoms in total. The number of aromatic nitrogens is 2. The summed E-state index contributed by atoms with van der Waals surface area (Å²) in [6.45, 7) is 8.05. The van der Waals surface area contributed by atoms with Crippen LogP contribution in [0, 0.1) is 0 Å². The summed E-state index contributed by atoms with van der Waals surface area (Å²) in [7, 11) is 0. The molecule has 0 N–H and O–H groups in total. The van der Waals surface area contributed by atoms with Gasteiger partial charge in [-0.1, -0.05) is 44.2 Å². The first kappa shape index (κ1) is 18.4. The molecule has 0 fully saturated rings. The maximum atomic E-state index is 6.25. The molecule has 0 aliphatic heterocycles. The molecule has 4 rings (SSSR count). The van der Waals surface area contributed by atoms with Crippen molar-refractivity contribution < 1.29 is 4.74 Å². The smallest absolute Gasteiger partial charge is 0.226 e. The second-order valence-electron chi connectivity index (χ2n) is 6.98. The van der Waals surface area contributed by atoms with Crippen LogP contribution in [-0.4, -0.2) is 41.1 Å². The van der Waals surface area contributed by atoms with Gasteiger partial charge in [0.1, 0.15) is 11.4 Å². The minimum Gasteiger partial charge on any atom is -0.476 e. The Morgan fingerprint density at radius 2 is 1.81 bits per heavy atom. The van der Waals surface area contributed by atoms with Crippen LogP contribution in [-0.2, 0) is 12.8 Å². The van der Waals surface area contributed by atoms with E-state index in [1.807, 2.05) is 29.5 Å². The number of ether oxygens (including phenoxy) is 1. The lowest BCUT2D eigenvalue weighted by Crippen LogP contribution is -2.28. The van der Waals surface area contributed by atoms with Crippen LogP contribution in [0.5, 0.6) is 5.88 Å². The fourth-order valence-corrected chi connectivity index (χ4v) is 5.01. The molecule has 1 aliphatic carbocycles. The van der Waals surface area contributed by atoms with E-state index in [9.17, 15) is 0 Å². The van der Waals surface area contributed by atoms with Gasteiger partial charge in [-0.15, -0.1) is 11.3 Å². The Morgan fingerprint density at radius 3 is 2.59 bits per heavy atom. The number of thiophene rings is 1. The average Bonchev–Trinajstić information content (AvgIpc) is 3.10. The quantitative estimate of drug-likeness (QED) is 0.580. The van der Waals surface area contributed by atoms with Crippen molar-refractivity contribution in [2.24, 2.45) is 0 Å². The van der Waals surface area contributed by atoms with Gasteiger partial charge in [0.15, 0.2) is 5.82 Å². The Labute approximate surface area is 165 Å². The molecule has 5 heteroatoms. The Balaban J connectivity index is 1.72. The van der Waals surface area contributed by atoms with E-state index in [0.717, 1.165) is 60.0 Å². The summed E-state index contributed by atoms with van der Waals surface area (Å²) in [6.07, 6.45) is 4.81. The fourth-order valence-electron chi connectivity index (χ4n) is 3.76. The summed E-state index contributed by atoms with van der Waals surface area (Å²) in [5, 5.41) is 1.16. The molecule has 27 heavy (non-hydrogen) atoms. The normalized spacial score (nSPS) is 13.9. The second-order valence-corrected chi connectivity index (χ2v) is 8.07. The standard InChI is InChI=1S/C22H27N3OS/c1-3-25(4-2)14-15-26-21-19-17-12-8-9-13-18(17)27-22(19)24-20(23-21)16-10-6-5-7-11-16/h5-7,10-11H,3-4,8-9,12-15H2,1-2H3. The van der Waals surface area contributed by atoms with Crippen LogP contribution >= 0.6 is 11.3 Å². The van der Waals surface area contributed by atoms with E-state index < -0.39 is 0 Å². The maximum Gasteiger partial charge on any atom is 0.226 e. The SMILES string of the molecule is CCN(CC)CCOc1nc(-c2ccccc2)nc2sc3c(c12)CCCC3. The van der Waals surface area contributed by atoms with E-state index in [2.05, 4.69) is 30.9 Å². The summed E-state index contributed by atoms with van der Waals surface area (Å²) < 4.78 is 6.25. The zero-order valence-corrected chi connectivity index (χ0v) is 17.0. The summed E-state index contributed by atoms with van der Waals surface area (Å²) in [5.74, 6) is 1.53. The van der Waals surface area contributed by atoms with Gasteiger partial charge in [0, 0.05) is 17.0 Å². The number of aryl methyl sites for hydroxylation is 2. The first-order chi connectivity index (χ1) is 13.3. The first-order valence-corrected chi connectivity index (χ1v) is 10.8. The molecule has 1 aliphatic rings. The highest BCUT2D eigenvalue weighted by Crippen LogP contribution is 2.40. The third kappa shape index (κ3) is 3.85. The van der Waals surface area contributed by atoms with Crippen molar-refractivity contribution in [2.75, 3.05) is 26.2 Å². The topological polar surface area (TPSA) is 38.2 Å². The van der Waals surface area contributed by atoms with E-state index in [4.69, 9.17) is 14.7 Å². The molecular formula is C22H27N3OS. The van der Waals surface area contributed by atoms with Crippen LogP contribution in [0.1, 0.15) is 37.1 Å². The van der Waals surface area contributed by atoms with E-state index in [1.165, 1.54) is 23.3 Å². The number of fused-ring (bicyclic) bond motifs is 3. The van der Waals surface area contributed by atoms with Crippen LogP contribution in [0.4, 0.5) is 0 Å². The van der Waals surface area contributed by atoms with Crippen molar-refractivity contribution in [1.29, 1.82) is 0 Å². The van der Waals surface area contributed by atoms with E-state index in [1.54, 1.807) is 0 Å². The lowest BCUT2D eigenvalue weighted by molar-refractivity contribution is 0.219. The summed E-state index contributed by atoms with van der Waals surface area (Å²) in [6, 6.07) is 10.2. The first-order valence-electron chi connectivity index (χ1n) is 10.0. The lowest BCUT2D eigenvalue weighted by atomic mass is 9.97. The molecule has 0 amide bonds. The van der Waals surface area contributed by atoms with E-state index >= 15 is 0 Å². The minimum atomic E-state index is 0.659. The molecule has 0 radical (unpaired) electrons. The minimum absolute atomic E-state index is 0.659. The van der Waals surface area contributed by atoms with Crippen molar-refractivity contribution in [2.45, 2.75) is 39.5 Å². The molecule has 3 aromatic rings. The monoisotopic (exact) mass is 381 g/mol. The van der Waals surface area contributed by atoms with Crippen LogP contribution in [0.15, 0.2) is 30.3 Å². The Kier molecular flexibility index (Phi) is 5.69. The number of likely N-dealkylation sites (N-methyl/N-ethyl adjacent to an activating group) is 1. The van der Waals surface area contributed by atoms with Crippen LogP contribution in [0.25, 0.3) is 21.6 Å². The number of rotatable bonds is 7. The highest BCUT2D eigenvalue weighted by Gasteiger charge is 2.22. The largest absolute Gasteiger partial charge is 0.476 e.